The fraction of sp³-hybridized carbons (Fsp3) is 0.216. The van der Waals surface area contributed by atoms with Gasteiger partial charge < -0.3 is 19.9 Å². The molecule has 1 aromatic heterocycles. The van der Waals surface area contributed by atoms with Crippen LogP contribution in [0.1, 0.15) is 27.2 Å². The van der Waals surface area contributed by atoms with Crippen molar-refractivity contribution in [2.24, 2.45) is 0 Å². The number of rotatable bonds is 8. The van der Waals surface area contributed by atoms with Crippen LogP contribution in [-0.4, -0.2) is 51.8 Å². The molecule has 5 nitrogen and oxygen atoms in total. The molecule has 1 aliphatic heterocycles. The number of aromatic nitrogens is 1. The molecule has 6 heteroatoms. The van der Waals surface area contributed by atoms with Crippen molar-refractivity contribution < 1.29 is 9.90 Å². The first kappa shape index (κ1) is 29.1. The summed E-state index contributed by atoms with van der Waals surface area (Å²) in [5, 5.41) is 14.7. The van der Waals surface area contributed by atoms with Crippen LogP contribution in [0.2, 0.25) is 0 Å². The molecule has 0 bridgehead atoms. The Morgan fingerprint density at radius 1 is 0.884 bits per heavy atom. The van der Waals surface area contributed by atoms with Crippen molar-refractivity contribution in [3.8, 4) is 16.9 Å². The Morgan fingerprint density at radius 3 is 2.19 bits per heavy atom. The van der Waals surface area contributed by atoms with Crippen molar-refractivity contribution in [2.45, 2.75) is 31.3 Å². The standard InChI is InChI=1S/C37H36BrN3O2/c1-27-20-34(35(30-16-9-4-10-17-30)40(27)32-19-11-18-31(38)22-32)36(43)41-33(21-28-12-5-2-6-13-28)24-39-25-37(41,26-42)23-29-14-7-3-8-15-29/h2-20,22,33,39,42H,21,23-26H2,1H3/t33-,37+/m1/s1. The smallest absolute Gasteiger partial charge is 0.256 e. The van der Waals surface area contributed by atoms with E-state index in [0.717, 1.165) is 38.2 Å². The lowest BCUT2D eigenvalue weighted by atomic mass is 9.83. The molecule has 0 aliphatic carbocycles. The van der Waals surface area contributed by atoms with E-state index in [1.165, 1.54) is 0 Å². The molecule has 0 saturated carbocycles. The van der Waals surface area contributed by atoms with Crippen LogP contribution < -0.4 is 5.32 Å². The van der Waals surface area contributed by atoms with Gasteiger partial charge in [-0.2, -0.15) is 0 Å². The molecule has 43 heavy (non-hydrogen) atoms. The Labute approximate surface area is 261 Å². The Bertz CT molecular complexity index is 1690. The van der Waals surface area contributed by atoms with Crippen molar-refractivity contribution in [3.05, 3.63) is 148 Å². The van der Waals surface area contributed by atoms with Crippen molar-refractivity contribution >= 4 is 21.8 Å². The number of nitrogens with zero attached hydrogens (tertiary/aromatic N) is 2. The van der Waals surface area contributed by atoms with Gasteiger partial charge in [-0.15, -0.1) is 0 Å². The number of aliphatic hydroxyl groups is 1. The summed E-state index contributed by atoms with van der Waals surface area (Å²) in [6.45, 7) is 3.04. The van der Waals surface area contributed by atoms with Crippen LogP contribution in [0.3, 0.4) is 0 Å². The number of piperazine rings is 1. The van der Waals surface area contributed by atoms with Gasteiger partial charge in [-0.05, 0) is 60.7 Å². The summed E-state index contributed by atoms with van der Waals surface area (Å²) in [4.78, 5) is 17.2. The zero-order chi connectivity index (χ0) is 29.8. The number of aliphatic hydroxyl groups excluding tert-OH is 1. The molecule has 1 saturated heterocycles. The Morgan fingerprint density at radius 2 is 1.53 bits per heavy atom. The van der Waals surface area contributed by atoms with Gasteiger partial charge in [0.15, 0.2) is 0 Å². The minimum atomic E-state index is -0.824. The molecule has 2 N–H and O–H groups in total. The zero-order valence-electron chi connectivity index (χ0n) is 24.3. The molecule has 2 heterocycles. The maximum absolute atomic E-state index is 15.2. The third kappa shape index (κ3) is 5.96. The normalized spacial score (nSPS) is 18.5. The monoisotopic (exact) mass is 633 g/mol. The highest BCUT2D eigenvalue weighted by atomic mass is 79.9. The van der Waals surface area contributed by atoms with E-state index in [-0.39, 0.29) is 18.6 Å². The SMILES string of the molecule is Cc1cc(C(=O)N2[C@H](Cc3ccccc3)CNC[C@]2(CO)Cc2ccccc2)c(-c2ccccc2)n1-c1cccc(Br)c1. The van der Waals surface area contributed by atoms with E-state index >= 15 is 4.79 Å². The van der Waals surface area contributed by atoms with Crippen molar-refractivity contribution in [1.29, 1.82) is 0 Å². The fourth-order valence-corrected chi connectivity index (χ4v) is 6.92. The number of benzene rings is 4. The van der Waals surface area contributed by atoms with E-state index < -0.39 is 5.54 Å². The maximum atomic E-state index is 15.2. The second-order valence-corrected chi connectivity index (χ2v) is 12.3. The molecule has 1 fully saturated rings. The van der Waals surface area contributed by atoms with Gasteiger partial charge in [-0.3, -0.25) is 4.79 Å². The third-order valence-electron chi connectivity index (χ3n) is 8.44. The van der Waals surface area contributed by atoms with Gasteiger partial charge in [0.2, 0.25) is 0 Å². The number of carbonyl (C=O) groups is 1. The van der Waals surface area contributed by atoms with E-state index in [4.69, 9.17) is 0 Å². The first-order valence-electron chi connectivity index (χ1n) is 14.8. The van der Waals surface area contributed by atoms with Crippen LogP contribution in [0.25, 0.3) is 16.9 Å². The number of nitrogens with one attached hydrogen (secondary N) is 1. The van der Waals surface area contributed by atoms with Gasteiger partial charge in [0.1, 0.15) is 0 Å². The number of halogens is 1. The number of hydrogen-bond donors (Lipinski definition) is 2. The van der Waals surface area contributed by atoms with Crippen LogP contribution >= 0.6 is 15.9 Å². The van der Waals surface area contributed by atoms with E-state index in [1.54, 1.807) is 0 Å². The molecule has 218 valence electrons. The van der Waals surface area contributed by atoms with Gasteiger partial charge in [-0.1, -0.05) is 113 Å². The number of amides is 1. The van der Waals surface area contributed by atoms with E-state index in [2.05, 4.69) is 74.3 Å². The average molecular weight is 635 g/mol. The summed E-state index contributed by atoms with van der Waals surface area (Å²) in [7, 11) is 0. The summed E-state index contributed by atoms with van der Waals surface area (Å²) in [6.07, 6.45) is 1.22. The number of aryl methyl sites for hydroxylation is 1. The molecule has 0 radical (unpaired) electrons. The van der Waals surface area contributed by atoms with Crippen LogP contribution in [0.15, 0.2) is 126 Å². The lowest BCUT2D eigenvalue weighted by Crippen LogP contribution is -2.70. The van der Waals surface area contributed by atoms with Crippen LogP contribution in [0.5, 0.6) is 0 Å². The Hall–Kier alpha value is -3.97. The average Bonchev–Trinajstić information content (AvgIpc) is 3.39. The molecule has 2 atom stereocenters. The summed E-state index contributed by atoms with van der Waals surface area (Å²) >= 11 is 3.64. The maximum Gasteiger partial charge on any atom is 0.256 e. The van der Waals surface area contributed by atoms with Crippen LogP contribution in [0.4, 0.5) is 0 Å². The molecule has 0 unspecified atom stereocenters. The summed E-state index contributed by atoms with van der Waals surface area (Å²) in [6, 6.07) is 40.6. The molecule has 1 amide bonds. The molecule has 5 aromatic rings. The van der Waals surface area contributed by atoms with E-state index in [0.29, 0.717) is 31.5 Å². The van der Waals surface area contributed by atoms with E-state index in [9.17, 15) is 5.11 Å². The zero-order valence-corrected chi connectivity index (χ0v) is 25.9. The summed E-state index contributed by atoms with van der Waals surface area (Å²) < 4.78 is 3.14. The highest BCUT2D eigenvalue weighted by molar-refractivity contribution is 9.10. The minimum Gasteiger partial charge on any atom is -0.394 e. The van der Waals surface area contributed by atoms with Gasteiger partial charge >= 0.3 is 0 Å². The van der Waals surface area contributed by atoms with Crippen molar-refractivity contribution in [3.63, 3.8) is 0 Å². The van der Waals surface area contributed by atoms with Gasteiger partial charge in [0, 0.05) is 35.0 Å². The lowest BCUT2D eigenvalue weighted by Gasteiger charge is -2.51. The van der Waals surface area contributed by atoms with E-state index in [1.807, 2.05) is 84.6 Å². The number of hydrogen-bond acceptors (Lipinski definition) is 3. The van der Waals surface area contributed by atoms with Gasteiger partial charge in [0.25, 0.3) is 5.91 Å². The first-order valence-corrected chi connectivity index (χ1v) is 15.6. The first-order chi connectivity index (χ1) is 21.0. The second kappa shape index (κ2) is 12.7. The molecule has 1 aliphatic rings. The van der Waals surface area contributed by atoms with Gasteiger partial charge in [0.05, 0.1) is 23.4 Å². The van der Waals surface area contributed by atoms with Crippen molar-refractivity contribution in [1.82, 2.24) is 14.8 Å². The Kier molecular flexibility index (Phi) is 8.61. The molecule has 0 spiro atoms. The predicted octanol–water partition coefficient (Wildman–Crippen LogP) is 6.85. The second-order valence-electron chi connectivity index (χ2n) is 11.4. The van der Waals surface area contributed by atoms with Crippen LogP contribution in [-0.2, 0) is 12.8 Å². The lowest BCUT2D eigenvalue weighted by molar-refractivity contribution is -0.0128. The summed E-state index contributed by atoms with van der Waals surface area (Å²) in [5.74, 6) is -0.0666. The highest BCUT2D eigenvalue weighted by Crippen LogP contribution is 2.36. The van der Waals surface area contributed by atoms with Crippen LogP contribution in [0, 0.1) is 6.92 Å². The highest BCUT2D eigenvalue weighted by Gasteiger charge is 2.47. The quantitative estimate of drug-likeness (QED) is 0.197. The third-order valence-corrected chi connectivity index (χ3v) is 8.94. The Balaban J connectivity index is 1.52. The molecular formula is C37H36BrN3O2. The van der Waals surface area contributed by atoms with Crippen molar-refractivity contribution in [2.75, 3.05) is 19.7 Å². The molecule has 6 rings (SSSR count). The molecular weight excluding hydrogens is 598 g/mol. The molecule has 4 aromatic carbocycles. The predicted molar refractivity (Wildman–Crippen MR) is 177 cm³/mol. The number of carbonyl (C=O) groups excluding carboxylic acids is 1. The minimum absolute atomic E-state index is 0.0666. The van der Waals surface area contributed by atoms with Gasteiger partial charge in [-0.25, -0.2) is 0 Å². The fourth-order valence-electron chi connectivity index (χ4n) is 6.54. The largest absolute Gasteiger partial charge is 0.394 e. The topological polar surface area (TPSA) is 57.5 Å². The summed E-state index contributed by atoms with van der Waals surface area (Å²) in [5.41, 5.74) is 5.81.